The van der Waals surface area contributed by atoms with Crippen molar-refractivity contribution >= 4 is 11.6 Å². The van der Waals surface area contributed by atoms with Gasteiger partial charge in [-0.25, -0.2) is 0 Å². The first-order valence-corrected chi connectivity index (χ1v) is 9.67. The largest absolute Gasteiger partial charge is 0.496 e. The molecule has 144 valence electrons. The number of piperazine rings is 1. The fourth-order valence-electron chi connectivity index (χ4n) is 3.48. The van der Waals surface area contributed by atoms with Crippen molar-refractivity contribution in [3.8, 4) is 5.75 Å². The summed E-state index contributed by atoms with van der Waals surface area (Å²) < 4.78 is 5.30. The van der Waals surface area contributed by atoms with Crippen LogP contribution in [0, 0.1) is 0 Å². The van der Waals surface area contributed by atoms with E-state index in [1.165, 1.54) is 5.69 Å². The number of para-hydroxylation sites is 2. The summed E-state index contributed by atoms with van der Waals surface area (Å²) in [6, 6.07) is 18.3. The van der Waals surface area contributed by atoms with Crippen LogP contribution in [0.4, 0.5) is 5.69 Å². The van der Waals surface area contributed by atoms with Crippen LogP contribution in [-0.4, -0.2) is 57.2 Å². The van der Waals surface area contributed by atoms with E-state index in [9.17, 15) is 4.79 Å². The lowest BCUT2D eigenvalue weighted by atomic mass is 10.1. The second-order valence-electron chi connectivity index (χ2n) is 6.86. The van der Waals surface area contributed by atoms with Crippen molar-refractivity contribution in [2.45, 2.75) is 12.8 Å². The van der Waals surface area contributed by atoms with Gasteiger partial charge in [-0.1, -0.05) is 36.4 Å². The molecule has 0 radical (unpaired) electrons. The standard InChI is InChI=1S/C22H29N3O2/c1-27-21-11-6-5-8-19(21)18-22(26)23-12-7-13-24-14-16-25(17-15-24)20-9-3-2-4-10-20/h2-6,8-11H,7,12-18H2,1H3,(H,23,26). The summed E-state index contributed by atoms with van der Waals surface area (Å²) in [6.07, 6.45) is 1.34. The number of anilines is 1. The highest BCUT2D eigenvalue weighted by molar-refractivity contribution is 5.79. The van der Waals surface area contributed by atoms with Crippen LogP contribution < -0.4 is 15.0 Å². The summed E-state index contributed by atoms with van der Waals surface area (Å²) in [5.74, 6) is 0.817. The molecule has 5 heteroatoms. The molecule has 5 nitrogen and oxygen atoms in total. The van der Waals surface area contributed by atoms with Gasteiger partial charge in [-0.3, -0.25) is 9.69 Å². The Bertz CT molecular complexity index is 713. The SMILES string of the molecule is COc1ccccc1CC(=O)NCCCN1CCN(c2ccccc2)CC1. The Kier molecular flexibility index (Phi) is 7.11. The van der Waals surface area contributed by atoms with Crippen LogP contribution in [0.15, 0.2) is 54.6 Å². The Balaban J connectivity index is 1.32. The maximum atomic E-state index is 12.1. The molecule has 1 aliphatic heterocycles. The predicted octanol–water partition coefficient (Wildman–Crippen LogP) is 2.57. The lowest BCUT2D eigenvalue weighted by Crippen LogP contribution is -2.47. The molecule has 0 saturated carbocycles. The molecule has 1 heterocycles. The monoisotopic (exact) mass is 367 g/mol. The Hall–Kier alpha value is -2.53. The third kappa shape index (κ3) is 5.73. The fraction of sp³-hybridized carbons (Fsp3) is 0.409. The molecule has 0 aromatic heterocycles. The van der Waals surface area contributed by atoms with Crippen molar-refractivity contribution in [3.05, 3.63) is 60.2 Å². The fourth-order valence-corrected chi connectivity index (χ4v) is 3.48. The molecule has 2 aromatic rings. The number of hydrogen-bond donors (Lipinski definition) is 1. The van der Waals surface area contributed by atoms with E-state index in [0.29, 0.717) is 13.0 Å². The highest BCUT2D eigenvalue weighted by atomic mass is 16.5. The Morgan fingerprint density at radius 1 is 1.00 bits per heavy atom. The molecular formula is C22H29N3O2. The molecule has 2 aromatic carbocycles. The first-order valence-electron chi connectivity index (χ1n) is 9.67. The average molecular weight is 367 g/mol. The molecule has 1 saturated heterocycles. The molecular weight excluding hydrogens is 338 g/mol. The van der Waals surface area contributed by atoms with Crippen molar-refractivity contribution in [1.29, 1.82) is 0 Å². The second-order valence-corrected chi connectivity index (χ2v) is 6.86. The molecule has 0 bridgehead atoms. The van der Waals surface area contributed by atoms with Gasteiger partial charge in [-0.2, -0.15) is 0 Å². The zero-order valence-electron chi connectivity index (χ0n) is 16.1. The molecule has 0 aliphatic carbocycles. The van der Waals surface area contributed by atoms with E-state index in [0.717, 1.165) is 50.5 Å². The number of hydrogen-bond acceptors (Lipinski definition) is 4. The van der Waals surface area contributed by atoms with Crippen LogP contribution in [0.2, 0.25) is 0 Å². The number of nitrogens with one attached hydrogen (secondary N) is 1. The van der Waals surface area contributed by atoms with E-state index in [1.54, 1.807) is 7.11 Å². The van der Waals surface area contributed by atoms with Gasteiger partial charge in [0.05, 0.1) is 13.5 Å². The number of amides is 1. The molecule has 1 fully saturated rings. The van der Waals surface area contributed by atoms with E-state index in [2.05, 4.69) is 45.4 Å². The lowest BCUT2D eigenvalue weighted by Gasteiger charge is -2.36. The first kappa shape index (κ1) is 19.2. The highest BCUT2D eigenvalue weighted by Gasteiger charge is 2.16. The number of methoxy groups -OCH3 is 1. The summed E-state index contributed by atoms with van der Waals surface area (Å²) in [5, 5.41) is 3.03. The van der Waals surface area contributed by atoms with Crippen LogP contribution in [0.5, 0.6) is 5.75 Å². The smallest absolute Gasteiger partial charge is 0.224 e. The van der Waals surface area contributed by atoms with E-state index in [1.807, 2.05) is 24.3 Å². The van der Waals surface area contributed by atoms with Crippen LogP contribution >= 0.6 is 0 Å². The van der Waals surface area contributed by atoms with Gasteiger partial charge in [-0.15, -0.1) is 0 Å². The van der Waals surface area contributed by atoms with Gasteiger partial charge in [0.25, 0.3) is 0 Å². The minimum atomic E-state index is 0.0494. The summed E-state index contributed by atoms with van der Waals surface area (Å²) in [5.41, 5.74) is 2.23. The van der Waals surface area contributed by atoms with Crippen LogP contribution in [-0.2, 0) is 11.2 Å². The summed E-state index contributed by atoms with van der Waals surface area (Å²) in [7, 11) is 1.63. The number of carbonyl (C=O) groups is 1. The molecule has 3 rings (SSSR count). The molecule has 1 N–H and O–H groups in total. The number of ether oxygens (including phenoxy) is 1. The van der Waals surface area contributed by atoms with Crippen molar-refractivity contribution in [1.82, 2.24) is 10.2 Å². The number of benzene rings is 2. The van der Waals surface area contributed by atoms with Gasteiger partial charge in [0.2, 0.25) is 5.91 Å². The quantitative estimate of drug-likeness (QED) is 0.729. The van der Waals surface area contributed by atoms with E-state index in [-0.39, 0.29) is 5.91 Å². The third-order valence-corrected chi connectivity index (χ3v) is 5.01. The van der Waals surface area contributed by atoms with Crippen molar-refractivity contribution in [2.75, 3.05) is 51.3 Å². The van der Waals surface area contributed by atoms with Gasteiger partial charge in [-0.05, 0) is 31.2 Å². The minimum Gasteiger partial charge on any atom is -0.496 e. The van der Waals surface area contributed by atoms with Gasteiger partial charge in [0, 0.05) is 44.0 Å². The second kappa shape index (κ2) is 9.97. The van der Waals surface area contributed by atoms with Crippen molar-refractivity contribution in [3.63, 3.8) is 0 Å². The summed E-state index contributed by atoms with van der Waals surface area (Å²) >= 11 is 0. The van der Waals surface area contributed by atoms with Crippen LogP contribution in [0.1, 0.15) is 12.0 Å². The van der Waals surface area contributed by atoms with Crippen molar-refractivity contribution in [2.24, 2.45) is 0 Å². The topological polar surface area (TPSA) is 44.8 Å². The highest BCUT2D eigenvalue weighted by Crippen LogP contribution is 2.18. The zero-order chi connectivity index (χ0) is 18.9. The maximum Gasteiger partial charge on any atom is 0.224 e. The zero-order valence-corrected chi connectivity index (χ0v) is 16.1. The number of rotatable bonds is 8. The van der Waals surface area contributed by atoms with Gasteiger partial charge in [0.1, 0.15) is 5.75 Å². The van der Waals surface area contributed by atoms with Crippen LogP contribution in [0.25, 0.3) is 0 Å². The first-order chi connectivity index (χ1) is 13.3. The Labute approximate surface area is 161 Å². The van der Waals surface area contributed by atoms with Gasteiger partial charge < -0.3 is 15.0 Å². The molecule has 1 amide bonds. The van der Waals surface area contributed by atoms with Crippen LogP contribution in [0.3, 0.4) is 0 Å². The summed E-state index contributed by atoms with van der Waals surface area (Å²) in [6.45, 7) is 6.01. The average Bonchev–Trinajstić information content (AvgIpc) is 2.73. The van der Waals surface area contributed by atoms with Gasteiger partial charge in [0.15, 0.2) is 0 Å². The van der Waals surface area contributed by atoms with E-state index < -0.39 is 0 Å². The third-order valence-electron chi connectivity index (χ3n) is 5.01. The number of carbonyl (C=O) groups excluding carboxylic acids is 1. The lowest BCUT2D eigenvalue weighted by molar-refractivity contribution is -0.120. The minimum absolute atomic E-state index is 0.0494. The molecule has 0 atom stereocenters. The Morgan fingerprint density at radius 2 is 1.70 bits per heavy atom. The molecule has 0 spiro atoms. The molecule has 0 unspecified atom stereocenters. The normalized spacial score (nSPS) is 14.8. The molecule has 1 aliphatic rings. The number of nitrogens with zero attached hydrogens (tertiary/aromatic N) is 2. The molecule has 27 heavy (non-hydrogen) atoms. The van der Waals surface area contributed by atoms with E-state index in [4.69, 9.17) is 4.74 Å². The summed E-state index contributed by atoms with van der Waals surface area (Å²) in [4.78, 5) is 17.1. The van der Waals surface area contributed by atoms with Gasteiger partial charge >= 0.3 is 0 Å². The Morgan fingerprint density at radius 3 is 2.44 bits per heavy atom. The predicted molar refractivity (Wildman–Crippen MR) is 109 cm³/mol. The van der Waals surface area contributed by atoms with Crippen molar-refractivity contribution < 1.29 is 9.53 Å². The van der Waals surface area contributed by atoms with E-state index >= 15 is 0 Å². The maximum absolute atomic E-state index is 12.1.